The normalized spacial score (nSPS) is 20.3. The molecule has 38 heavy (non-hydrogen) atoms. The maximum Gasteiger partial charge on any atom is 0.157 e. The highest BCUT2D eigenvalue weighted by molar-refractivity contribution is 8.01. The van der Waals surface area contributed by atoms with Gasteiger partial charge in [0.25, 0.3) is 0 Å². The van der Waals surface area contributed by atoms with E-state index in [2.05, 4.69) is 65.9 Å². The number of aliphatic hydroxyl groups is 2. The first-order valence-corrected chi connectivity index (χ1v) is 14.1. The molecule has 8 heteroatoms. The molecule has 0 radical (unpaired) electrons. The maximum atomic E-state index is 9.82. The van der Waals surface area contributed by atoms with E-state index in [4.69, 9.17) is 9.15 Å². The molecule has 2 heterocycles. The van der Waals surface area contributed by atoms with Crippen molar-refractivity contribution < 1.29 is 19.4 Å². The summed E-state index contributed by atoms with van der Waals surface area (Å²) < 4.78 is 14.7. The number of allylic oxidation sites excluding steroid dienone is 2. The van der Waals surface area contributed by atoms with Gasteiger partial charge in [-0.15, -0.1) is 0 Å². The standard InChI is InChI=1S/C30H37N3O4S/c1-4-12-33(13-5-2)24-9-8-21-14-23(7-6-22(21)15-24)28-11-10-27(37-28)20(3)29(18-31)38-32-19-26-16-25(34)17-30(35)36-26/h6-11,14-15,25-26,30,32,34-35H,4-5,12-13,16-17,19H2,1-3H3/b29-20+. The number of nitriles is 1. The third kappa shape index (κ3) is 6.99. The lowest BCUT2D eigenvalue weighted by Gasteiger charge is -2.30. The summed E-state index contributed by atoms with van der Waals surface area (Å²) in [7, 11) is 0. The average molecular weight is 536 g/mol. The molecule has 202 valence electrons. The Kier molecular flexibility index (Phi) is 9.89. The molecule has 1 aliphatic rings. The number of rotatable bonds is 11. The Morgan fingerprint density at radius 3 is 2.50 bits per heavy atom. The Bertz CT molecular complexity index is 1280. The number of furan rings is 1. The van der Waals surface area contributed by atoms with Crippen molar-refractivity contribution in [2.75, 3.05) is 24.5 Å². The van der Waals surface area contributed by atoms with Gasteiger partial charge in [-0.2, -0.15) is 5.26 Å². The van der Waals surface area contributed by atoms with Gasteiger partial charge in [0.1, 0.15) is 22.5 Å². The van der Waals surface area contributed by atoms with Crippen molar-refractivity contribution in [2.24, 2.45) is 0 Å². The number of nitrogens with zero attached hydrogens (tertiary/aromatic N) is 2. The SMILES string of the molecule is CCCN(CCC)c1ccc2cc(-c3ccc(/C(C)=C(\C#N)SNCC4CC(O)CC(O)O4)o3)ccc2c1. The lowest BCUT2D eigenvalue weighted by Crippen LogP contribution is -2.39. The summed E-state index contributed by atoms with van der Waals surface area (Å²) in [6.07, 6.45) is 1.05. The Morgan fingerprint density at radius 2 is 1.79 bits per heavy atom. The summed E-state index contributed by atoms with van der Waals surface area (Å²) in [5, 5.41) is 31.6. The largest absolute Gasteiger partial charge is 0.456 e. The Balaban J connectivity index is 1.46. The first-order valence-electron chi connectivity index (χ1n) is 13.3. The second-order valence-corrected chi connectivity index (χ2v) is 10.7. The lowest BCUT2D eigenvalue weighted by atomic mass is 10.0. The molecule has 1 aromatic heterocycles. The quantitative estimate of drug-likeness (QED) is 0.201. The number of ether oxygens (including phenoxy) is 1. The predicted octanol–water partition coefficient (Wildman–Crippen LogP) is 6.08. The number of benzene rings is 2. The second kappa shape index (κ2) is 13.3. The zero-order valence-electron chi connectivity index (χ0n) is 22.3. The van der Waals surface area contributed by atoms with E-state index in [1.54, 1.807) is 0 Å². The maximum absolute atomic E-state index is 9.82. The molecule has 0 bridgehead atoms. The lowest BCUT2D eigenvalue weighted by molar-refractivity contribution is -0.186. The second-order valence-electron chi connectivity index (χ2n) is 9.75. The minimum Gasteiger partial charge on any atom is -0.456 e. The number of fused-ring (bicyclic) bond motifs is 1. The van der Waals surface area contributed by atoms with Crippen LogP contribution in [0.25, 0.3) is 27.7 Å². The highest BCUT2D eigenvalue weighted by Gasteiger charge is 2.26. The van der Waals surface area contributed by atoms with Crippen LogP contribution < -0.4 is 9.62 Å². The summed E-state index contributed by atoms with van der Waals surface area (Å²) in [4.78, 5) is 2.92. The van der Waals surface area contributed by atoms with E-state index in [0.29, 0.717) is 23.6 Å². The van der Waals surface area contributed by atoms with Crippen molar-refractivity contribution in [2.45, 2.75) is 65.0 Å². The summed E-state index contributed by atoms with van der Waals surface area (Å²) in [6, 6.07) is 19.0. The van der Waals surface area contributed by atoms with Crippen molar-refractivity contribution in [3.63, 3.8) is 0 Å². The van der Waals surface area contributed by atoms with Crippen molar-refractivity contribution in [3.05, 3.63) is 59.2 Å². The summed E-state index contributed by atoms with van der Waals surface area (Å²) in [5.41, 5.74) is 2.98. The Labute approximate surface area is 229 Å². The van der Waals surface area contributed by atoms with Gasteiger partial charge in [-0.25, -0.2) is 0 Å². The zero-order chi connectivity index (χ0) is 27.1. The third-order valence-corrected chi connectivity index (χ3v) is 7.63. The monoisotopic (exact) mass is 535 g/mol. The Morgan fingerprint density at radius 1 is 1.05 bits per heavy atom. The van der Waals surface area contributed by atoms with Crippen molar-refractivity contribution >= 4 is 34.0 Å². The number of anilines is 1. The highest BCUT2D eigenvalue weighted by atomic mass is 32.2. The van der Waals surface area contributed by atoms with Gasteiger partial charge in [-0.1, -0.05) is 32.0 Å². The fourth-order valence-electron chi connectivity index (χ4n) is 4.79. The molecule has 1 fully saturated rings. The molecule has 2 aromatic carbocycles. The molecule has 7 nitrogen and oxygen atoms in total. The van der Waals surface area contributed by atoms with E-state index in [1.807, 2.05) is 19.1 Å². The van der Waals surface area contributed by atoms with E-state index in [9.17, 15) is 15.5 Å². The van der Waals surface area contributed by atoms with E-state index in [0.717, 1.165) is 48.2 Å². The summed E-state index contributed by atoms with van der Waals surface area (Å²) in [6.45, 7) is 8.79. The smallest absolute Gasteiger partial charge is 0.157 e. The number of aliphatic hydroxyl groups excluding tert-OH is 2. The summed E-state index contributed by atoms with van der Waals surface area (Å²) >= 11 is 1.20. The van der Waals surface area contributed by atoms with Crippen molar-refractivity contribution in [3.8, 4) is 17.4 Å². The van der Waals surface area contributed by atoms with E-state index in [1.165, 1.54) is 23.0 Å². The average Bonchev–Trinajstić information content (AvgIpc) is 3.40. The predicted molar refractivity (Wildman–Crippen MR) is 154 cm³/mol. The molecule has 1 aliphatic heterocycles. The van der Waals surface area contributed by atoms with Gasteiger partial charge in [0, 0.05) is 49.3 Å². The molecular formula is C30H37N3O4S. The fraction of sp³-hybridized carbons (Fsp3) is 0.433. The zero-order valence-corrected chi connectivity index (χ0v) is 23.1. The van der Waals surface area contributed by atoms with Crippen LogP contribution in [0, 0.1) is 11.3 Å². The molecule has 3 unspecified atom stereocenters. The molecular weight excluding hydrogens is 498 g/mol. The Hall–Kier alpha value is -2.80. The van der Waals surface area contributed by atoms with Crippen molar-refractivity contribution in [1.82, 2.24) is 4.72 Å². The third-order valence-electron chi connectivity index (χ3n) is 6.72. The van der Waals surface area contributed by atoms with E-state index < -0.39 is 12.4 Å². The number of nitrogens with one attached hydrogen (secondary N) is 1. The van der Waals surface area contributed by atoms with Gasteiger partial charge in [0.15, 0.2) is 6.29 Å². The van der Waals surface area contributed by atoms with E-state index in [-0.39, 0.29) is 12.5 Å². The summed E-state index contributed by atoms with van der Waals surface area (Å²) in [5.74, 6) is 1.38. The van der Waals surface area contributed by atoms with Crippen LogP contribution >= 0.6 is 11.9 Å². The topological polar surface area (TPSA) is 102 Å². The molecule has 4 rings (SSSR count). The van der Waals surface area contributed by atoms with Crippen molar-refractivity contribution in [1.29, 1.82) is 5.26 Å². The molecule has 0 spiro atoms. The minimum atomic E-state index is -0.959. The van der Waals surface area contributed by atoms with Crippen LogP contribution in [0.5, 0.6) is 0 Å². The minimum absolute atomic E-state index is 0.224. The van der Waals surface area contributed by atoms with Gasteiger partial charge in [-0.05, 0) is 72.8 Å². The van der Waals surface area contributed by atoms with Gasteiger partial charge >= 0.3 is 0 Å². The molecule has 0 saturated carbocycles. The first-order chi connectivity index (χ1) is 18.4. The van der Waals surface area contributed by atoms with Crippen LogP contribution in [0.4, 0.5) is 5.69 Å². The number of hydrogen-bond donors (Lipinski definition) is 3. The molecule has 3 N–H and O–H groups in total. The van der Waals surface area contributed by atoms with Crippen LogP contribution in [-0.2, 0) is 4.74 Å². The molecule has 1 saturated heterocycles. The van der Waals surface area contributed by atoms with Crippen LogP contribution in [0.15, 0.2) is 57.9 Å². The van der Waals surface area contributed by atoms with Gasteiger partial charge in [0.05, 0.1) is 12.2 Å². The van der Waals surface area contributed by atoms with Gasteiger partial charge < -0.3 is 24.3 Å². The first kappa shape index (κ1) is 28.2. The highest BCUT2D eigenvalue weighted by Crippen LogP contribution is 2.32. The van der Waals surface area contributed by atoms with Gasteiger partial charge in [0.2, 0.25) is 0 Å². The fourth-order valence-corrected chi connectivity index (χ4v) is 5.50. The van der Waals surface area contributed by atoms with Crippen LogP contribution in [0.1, 0.15) is 52.2 Å². The molecule has 0 aliphatic carbocycles. The van der Waals surface area contributed by atoms with Crippen LogP contribution in [0.2, 0.25) is 0 Å². The van der Waals surface area contributed by atoms with Gasteiger partial charge in [-0.3, -0.25) is 4.72 Å². The molecule has 0 amide bonds. The van der Waals surface area contributed by atoms with Crippen LogP contribution in [-0.4, -0.2) is 48.3 Å². The molecule has 3 aromatic rings. The number of hydrogen-bond acceptors (Lipinski definition) is 8. The molecule has 3 atom stereocenters. The van der Waals surface area contributed by atoms with Crippen LogP contribution in [0.3, 0.4) is 0 Å². The van der Waals surface area contributed by atoms with E-state index >= 15 is 0 Å².